The van der Waals surface area contributed by atoms with Gasteiger partial charge in [0.05, 0.1) is 24.5 Å². The van der Waals surface area contributed by atoms with E-state index in [2.05, 4.69) is 0 Å². The number of hydrogen-bond acceptors (Lipinski definition) is 4. The van der Waals surface area contributed by atoms with Gasteiger partial charge in [0.2, 0.25) is 11.8 Å². The summed E-state index contributed by atoms with van der Waals surface area (Å²) in [7, 11) is 1.51. The molecule has 1 heterocycles. The molecule has 2 rings (SSSR count). The van der Waals surface area contributed by atoms with E-state index in [1.54, 1.807) is 0 Å². The second kappa shape index (κ2) is 5.63. The Kier molecular flexibility index (Phi) is 4.14. The van der Waals surface area contributed by atoms with Crippen molar-refractivity contribution in [2.45, 2.75) is 25.4 Å². The lowest BCUT2D eigenvalue weighted by atomic mass is 9.85. The number of nitrogens with zero attached hydrogens (tertiary/aromatic N) is 1. The second-order valence-electron chi connectivity index (χ2n) is 4.88. The number of amides is 2. The minimum atomic E-state index is -0.628. The number of aliphatic hydroxyl groups is 1. The lowest BCUT2D eigenvalue weighted by molar-refractivity contribution is -0.140. The van der Waals surface area contributed by atoms with E-state index in [9.17, 15) is 14.7 Å². The Morgan fingerprint density at radius 2 is 1.89 bits per heavy atom. The summed E-state index contributed by atoms with van der Waals surface area (Å²) in [6.07, 6.45) is 5.00. The molecular formula is C13H19NO4. The van der Waals surface area contributed by atoms with E-state index in [0.717, 1.165) is 0 Å². The number of fused-ring (bicyclic) bond motifs is 1. The molecule has 18 heavy (non-hydrogen) atoms. The normalized spacial score (nSPS) is 28.7. The fraction of sp³-hybridized carbons (Fsp3) is 0.692. The van der Waals surface area contributed by atoms with Gasteiger partial charge in [0.1, 0.15) is 0 Å². The molecule has 1 aliphatic carbocycles. The van der Waals surface area contributed by atoms with E-state index >= 15 is 0 Å². The maximum Gasteiger partial charge on any atom is 0.233 e. The van der Waals surface area contributed by atoms with E-state index in [1.165, 1.54) is 12.0 Å². The monoisotopic (exact) mass is 253 g/mol. The summed E-state index contributed by atoms with van der Waals surface area (Å²) in [5, 5.41) is 9.55. The lowest BCUT2D eigenvalue weighted by Crippen LogP contribution is -2.34. The van der Waals surface area contributed by atoms with E-state index in [0.29, 0.717) is 19.3 Å². The Morgan fingerprint density at radius 3 is 2.39 bits per heavy atom. The highest BCUT2D eigenvalue weighted by Crippen LogP contribution is 2.35. The third-order valence-corrected chi connectivity index (χ3v) is 3.64. The van der Waals surface area contributed by atoms with Crippen molar-refractivity contribution < 1.29 is 19.4 Å². The number of hydrogen-bond donors (Lipinski definition) is 1. The van der Waals surface area contributed by atoms with Gasteiger partial charge in [-0.3, -0.25) is 14.5 Å². The highest BCUT2D eigenvalue weighted by molar-refractivity contribution is 6.05. The van der Waals surface area contributed by atoms with Gasteiger partial charge in [-0.1, -0.05) is 12.2 Å². The zero-order valence-corrected chi connectivity index (χ0v) is 10.5. The molecule has 5 heteroatoms. The molecule has 2 amide bonds. The Bertz CT molecular complexity index is 340. The van der Waals surface area contributed by atoms with Crippen LogP contribution in [0.3, 0.4) is 0 Å². The number of methoxy groups -OCH3 is 1. The minimum Gasteiger partial charge on any atom is -0.391 e. The average Bonchev–Trinajstić information content (AvgIpc) is 2.61. The highest BCUT2D eigenvalue weighted by atomic mass is 16.5. The van der Waals surface area contributed by atoms with E-state index < -0.39 is 6.10 Å². The quantitative estimate of drug-likeness (QED) is 0.566. The van der Waals surface area contributed by atoms with Gasteiger partial charge in [-0.25, -0.2) is 0 Å². The van der Waals surface area contributed by atoms with Gasteiger partial charge in [-0.05, 0) is 19.3 Å². The third kappa shape index (κ3) is 2.47. The highest BCUT2D eigenvalue weighted by Gasteiger charge is 2.46. The molecule has 0 aromatic rings. The largest absolute Gasteiger partial charge is 0.391 e. The fourth-order valence-corrected chi connectivity index (χ4v) is 2.64. The van der Waals surface area contributed by atoms with E-state index in [1.807, 2.05) is 12.2 Å². The summed E-state index contributed by atoms with van der Waals surface area (Å²) in [4.78, 5) is 25.5. The summed E-state index contributed by atoms with van der Waals surface area (Å²) >= 11 is 0. The van der Waals surface area contributed by atoms with Crippen molar-refractivity contribution in [2.75, 3.05) is 20.3 Å². The van der Waals surface area contributed by atoms with Gasteiger partial charge in [-0.15, -0.1) is 0 Å². The second-order valence-corrected chi connectivity index (χ2v) is 4.88. The van der Waals surface area contributed by atoms with Crippen LogP contribution in [0.25, 0.3) is 0 Å². The van der Waals surface area contributed by atoms with Crippen LogP contribution in [0.4, 0.5) is 0 Å². The molecule has 3 atom stereocenters. The van der Waals surface area contributed by atoms with Crippen LogP contribution < -0.4 is 0 Å². The van der Waals surface area contributed by atoms with Crippen molar-refractivity contribution in [3.63, 3.8) is 0 Å². The molecule has 3 unspecified atom stereocenters. The average molecular weight is 253 g/mol. The molecule has 0 aromatic carbocycles. The van der Waals surface area contributed by atoms with Crippen LogP contribution in [0.15, 0.2) is 12.2 Å². The lowest BCUT2D eigenvalue weighted by Gasteiger charge is -2.16. The Balaban J connectivity index is 1.94. The number of imide groups is 1. The molecule has 0 radical (unpaired) electrons. The van der Waals surface area contributed by atoms with Gasteiger partial charge < -0.3 is 9.84 Å². The van der Waals surface area contributed by atoms with Gasteiger partial charge in [-0.2, -0.15) is 0 Å². The molecule has 1 saturated heterocycles. The number of ether oxygens (including phenoxy) is 1. The molecule has 1 aliphatic heterocycles. The van der Waals surface area contributed by atoms with Gasteiger partial charge in [0, 0.05) is 13.7 Å². The Hall–Kier alpha value is -1.20. The van der Waals surface area contributed by atoms with Crippen LogP contribution in [-0.4, -0.2) is 48.2 Å². The number of likely N-dealkylation sites (tertiary alicyclic amines) is 1. The first-order valence-electron chi connectivity index (χ1n) is 6.32. The zero-order chi connectivity index (χ0) is 13.1. The molecule has 0 spiro atoms. The van der Waals surface area contributed by atoms with E-state index in [4.69, 9.17) is 4.74 Å². The van der Waals surface area contributed by atoms with Crippen molar-refractivity contribution in [3.05, 3.63) is 12.2 Å². The minimum absolute atomic E-state index is 0.0843. The summed E-state index contributed by atoms with van der Waals surface area (Å²) in [5.74, 6) is -0.526. The van der Waals surface area contributed by atoms with Crippen LogP contribution in [0.5, 0.6) is 0 Å². The Labute approximate surface area is 106 Å². The number of allylic oxidation sites excluding steroid dienone is 2. The van der Waals surface area contributed by atoms with Crippen molar-refractivity contribution in [3.8, 4) is 0 Å². The third-order valence-electron chi connectivity index (χ3n) is 3.64. The van der Waals surface area contributed by atoms with Crippen molar-refractivity contribution in [1.29, 1.82) is 0 Å². The summed E-state index contributed by atoms with van der Waals surface area (Å²) in [6, 6.07) is 0. The SMILES string of the molecule is COCC(O)CCN1C(=O)C2CC=CCC2C1=O. The predicted molar refractivity (Wildman–Crippen MR) is 64.6 cm³/mol. The smallest absolute Gasteiger partial charge is 0.233 e. The number of carbonyl (C=O) groups excluding carboxylic acids is 2. The predicted octanol–water partition coefficient (Wildman–Crippen LogP) is 0.335. The van der Waals surface area contributed by atoms with Gasteiger partial charge >= 0.3 is 0 Å². The topological polar surface area (TPSA) is 66.8 Å². The Morgan fingerprint density at radius 1 is 1.33 bits per heavy atom. The summed E-state index contributed by atoms with van der Waals surface area (Å²) in [6.45, 7) is 0.514. The van der Waals surface area contributed by atoms with Crippen LogP contribution in [0, 0.1) is 11.8 Å². The van der Waals surface area contributed by atoms with Crippen LogP contribution in [0.1, 0.15) is 19.3 Å². The molecule has 100 valence electrons. The van der Waals surface area contributed by atoms with E-state index in [-0.39, 0.29) is 36.8 Å². The number of carbonyl (C=O) groups is 2. The van der Waals surface area contributed by atoms with Crippen molar-refractivity contribution >= 4 is 11.8 Å². The molecule has 1 N–H and O–H groups in total. The molecule has 1 fully saturated rings. The van der Waals surface area contributed by atoms with Gasteiger partial charge in [0.25, 0.3) is 0 Å². The van der Waals surface area contributed by atoms with Gasteiger partial charge in [0.15, 0.2) is 0 Å². The molecule has 5 nitrogen and oxygen atoms in total. The summed E-state index contributed by atoms with van der Waals surface area (Å²) < 4.78 is 4.82. The van der Waals surface area contributed by atoms with Crippen LogP contribution >= 0.6 is 0 Å². The van der Waals surface area contributed by atoms with Crippen LogP contribution in [0.2, 0.25) is 0 Å². The maximum absolute atomic E-state index is 12.1. The fourth-order valence-electron chi connectivity index (χ4n) is 2.64. The first-order chi connectivity index (χ1) is 8.65. The first-order valence-corrected chi connectivity index (χ1v) is 6.32. The molecule has 0 bridgehead atoms. The first kappa shape index (κ1) is 13.2. The van der Waals surface area contributed by atoms with Crippen molar-refractivity contribution in [2.24, 2.45) is 11.8 Å². The van der Waals surface area contributed by atoms with Crippen molar-refractivity contribution in [1.82, 2.24) is 4.90 Å². The summed E-state index contributed by atoms with van der Waals surface area (Å²) in [5.41, 5.74) is 0. The molecule has 0 aromatic heterocycles. The zero-order valence-electron chi connectivity index (χ0n) is 10.5. The number of rotatable bonds is 5. The standard InChI is InChI=1S/C13H19NO4/c1-18-8-9(15)6-7-14-12(16)10-4-2-3-5-11(10)13(14)17/h2-3,9-11,15H,4-8H2,1H3. The molecule has 2 aliphatic rings. The number of aliphatic hydroxyl groups excluding tert-OH is 1. The maximum atomic E-state index is 12.1. The molecular weight excluding hydrogens is 234 g/mol. The molecule has 0 saturated carbocycles. The van der Waals surface area contributed by atoms with Crippen LogP contribution in [-0.2, 0) is 14.3 Å².